The lowest BCUT2D eigenvalue weighted by Gasteiger charge is -2.00. The van der Waals surface area contributed by atoms with Crippen LogP contribution in [0, 0.1) is 0 Å². The molecule has 2 N–H and O–H groups in total. The van der Waals surface area contributed by atoms with Gasteiger partial charge in [0.05, 0.1) is 12.3 Å². The summed E-state index contributed by atoms with van der Waals surface area (Å²) in [6, 6.07) is 0. The van der Waals surface area contributed by atoms with E-state index in [4.69, 9.17) is 5.73 Å². The quantitative estimate of drug-likeness (QED) is 0.696. The Hall–Kier alpha value is -1.02. The first-order valence-corrected chi connectivity index (χ1v) is 6.57. The van der Waals surface area contributed by atoms with Crippen molar-refractivity contribution >= 4 is 27.0 Å². The highest BCUT2D eigenvalue weighted by molar-refractivity contribution is 7.91. The van der Waals surface area contributed by atoms with Crippen LogP contribution in [0.5, 0.6) is 0 Å². The van der Waals surface area contributed by atoms with Crippen LogP contribution in [-0.4, -0.2) is 39.7 Å². The van der Waals surface area contributed by atoms with Crippen LogP contribution in [0.25, 0.3) is 0 Å². The number of aryl methyl sites for hydroxylation is 1. The zero-order valence-electron chi connectivity index (χ0n) is 8.25. The Morgan fingerprint density at radius 1 is 1.67 bits per heavy atom. The molecule has 0 aliphatic heterocycles. The Balaban J connectivity index is 2.63. The standard InChI is InChI=1S/C7H12N4O2S2/c1-2-15(12,13)4-3-11-5-9-7(10-11)6(8)14/h5H,2-4H2,1H3,(H2,8,14). The van der Waals surface area contributed by atoms with Crippen LogP contribution in [0.1, 0.15) is 12.7 Å². The van der Waals surface area contributed by atoms with E-state index in [0.717, 1.165) is 0 Å². The topological polar surface area (TPSA) is 90.9 Å². The lowest BCUT2D eigenvalue weighted by atomic mass is 10.6. The predicted molar refractivity (Wildman–Crippen MR) is 60.2 cm³/mol. The number of hydrogen-bond acceptors (Lipinski definition) is 5. The van der Waals surface area contributed by atoms with E-state index in [2.05, 4.69) is 22.3 Å². The van der Waals surface area contributed by atoms with Gasteiger partial charge in [-0.1, -0.05) is 19.1 Å². The van der Waals surface area contributed by atoms with Crippen molar-refractivity contribution in [1.82, 2.24) is 14.8 Å². The maximum Gasteiger partial charge on any atom is 0.208 e. The molecule has 0 saturated heterocycles. The first kappa shape index (κ1) is 12.1. The number of rotatable bonds is 5. The smallest absolute Gasteiger partial charge is 0.208 e. The maximum atomic E-state index is 11.2. The summed E-state index contributed by atoms with van der Waals surface area (Å²) in [6.07, 6.45) is 1.42. The maximum absolute atomic E-state index is 11.2. The van der Waals surface area contributed by atoms with Crippen molar-refractivity contribution in [2.24, 2.45) is 5.73 Å². The number of hydrogen-bond donors (Lipinski definition) is 1. The number of nitrogens with two attached hydrogens (primary N) is 1. The molecule has 0 aromatic carbocycles. The second-order valence-corrected chi connectivity index (χ2v) is 5.84. The van der Waals surface area contributed by atoms with Crippen molar-refractivity contribution in [1.29, 1.82) is 0 Å². The Labute approximate surface area is 93.4 Å². The van der Waals surface area contributed by atoms with Crippen LogP contribution in [0.4, 0.5) is 0 Å². The van der Waals surface area contributed by atoms with Gasteiger partial charge in [0.2, 0.25) is 5.82 Å². The number of thiocarbonyl (C=S) groups is 1. The van der Waals surface area contributed by atoms with Crippen LogP contribution in [-0.2, 0) is 16.4 Å². The van der Waals surface area contributed by atoms with Gasteiger partial charge in [0, 0.05) is 5.75 Å². The Morgan fingerprint density at radius 3 is 2.80 bits per heavy atom. The SMILES string of the molecule is CCS(=O)(=O)CCn1cnc(C(N)=S)n1. The summed E-state index contributed by atoms with van der Waals surface area (Å²) >= 11 is 4.68. The highest BCUT2D eigenvalue weighted by atomic mass is 32.2. The molecule has 0 amide bonds. The molecule has 0 fully saturated rings. The van der Waals surface area contributed by atoms with Gasteiger partial charge in [-0.05, 0) is 0 Å². The first-order valence-electron chi connectivity index (χ1n) is 4.34. The Kier molecular flexibility index (Phi) is 3.75. The molecular formula is C7H12N4O2S2. The Morgan fingerprint density at radius 2 is 2.33 bits per heavy atom. The monoisotopic (exact) mass is 248 g/mol. The minimum atomic E-state index is -2.98. The van der Waals surface area contributed by atoms with Crippen LogP contribution >= 0.6 is 12.2 Å². The van der Waals surface area contributed by atoms with E-state index in [9.17, 15) is 8.42 Å². The molecule has 0 radical (unpaired) electrons. The molecule has 1 rings (SSSR count). The van der Waals surface area contributed by atoms with E-state index in [1.54, 1.807) is 6.92 Å². The number of nitrogens with zero attached hydrogens (tertiary/aromatic N) is 3. The predicted octanol–water partition coefficient (Wildman–Crippen LogP) is -0.653. The fourth-order valence-corrected chi connectivity index (χ4v) is 1.74. The van der Waals surface area contributed by atoms with Crippen molar-refractivity contribution in [3.63, 3.8) is 0 Å². The third-order valence-corrected chi connectivity index (χ3v) is 3.69. The molecule has 0 aliphatic rings. The van der Waals surface area contributed by atoms with Gasteiger partial charge in [-0.2, -0.15) is 0 Å². The summed E-state index contributed by atoms with van der Waals surface area (Å²) in [6.45, 7) is 1.88. The molecule has 0 atom stereocenters. The van der Waals surface area contributed by atoms with E-state index in [-0.39, 0.29) is 28.9 Å². The van der Waals surface area contributed by atoms with Crippen molar-refractivity contribution in [3.05, 3.63) is 12.2 Å². The second kappa shape index (κ2) is 4.67. The molecule has 1 aromatic heterocycles. The zero-order valence-corrected chi connectivity index (χ0v) is 9.88. The van der Waals surface area contributed by atoms with Gasteiger partial charge >= 0.3 is 0 Å². The summed E-state index contributed by atoms with van der Waals surface area (Å²) < 4.78 is 23.8. The molecule has 0 saturated carbocycles. The molecular weight excluding hydrogens is 236 g/mol. The third kappa shape index (κ3) is 3.56. The Bertz CT molecular complexity index is 451. The second-order valence-electron chi connectivity index (χ2n) is 2.93. The third-order valence-electron chi connectivity index (χ3n) is 1.83. The van der Waals surface area contributed by atoms with Crippen molar-refractivity contribution in [3.8, 4) is 0 Å². The molecule has 15 heavy (non-hydrogen) atoms. The molecule has 84 valence electrons. The number of aromatic nitrogens is 3. The van der Waals surface area contributed by atoms with Gasteiger partial charge in [0.25, 0.3) is 0 Å². The van der Waals surface area contributed by atoms with E-state index in [1.807, 2.05) is 0 Å². The van der Waals surface area contributed by atoms with Gasteiger partial charge in [-0.25, -0.2) is 13.4 Å². The summed E-state index contributed by atoms with van der Waals surface area (Å²) in [5.41, 5.74) is 5.31. The van der Waals surface area contributed by atoms with E-state index in [1.165, 1.54) is 11.0 Å². The van der Waals surface area contributed by atoms with E-state index < -0.39 is 9.84 Å². The van der Waals surface area contributed by atoms with Crippen molar-refractivity contribution < 1.29 is 8.42 Å². The minimum absolute atomic E-state index is 0.0453. The summed E-state index contributed by atoms with van der Waals surface area (Å²) in [5.74, 6) is 0.437. The average Bonchev–Trinajstić information content (AvgIpc) is 2.63. The van der Waals surface area contributed by atoms with E-state index in [0.29, 0.717) is 0 Å². The molecule has 0 bridgehead atoms. The van der Waals surface area contributed by atoms with Gasteiger partial charge in [0.15, 0.2) is 9.84 Å². The molecule has 0 unspecified atom stereocenters. The zero-order chi connectivity index (χ0) is 11.5. The minimum Gasteiger partial charge on any atom is -0.387 e. The van der Waals surface area contributed by atoms with Crippen LogP contribution in [0.15, 0.2) is 6.33 Å². The first-order chi connectivity index (χ1) is 6.94. The van der Waals surface area contributed by atoms with Gasteiger partial charge in [0.1, 0.15) is 11.3 Å². The fourth-order valence-electron chi connectivity index (χ4n) is 0.892. The highest BCUT2D eigenvalue weighted by Crippen LogP contribution is 1.94. The lowest BCUT2D eigenvalue weighted by Crippen LogP contribution is -2.16. The lowest BCUT2D eigenvalue weighted by molar-refractivity contribution is 0.581. The molecule has 1 heterocycles. The highest BCUT2D eigenvalue weighted by Gasteiger charge is 2.09. The summed E-state index contributed by atoms with van der Waals surface area (Å²) in [4.78, 5) is 3.94. The normalized spacial score (nSPS) is 11.5. The largest absolute Gasteiger partial charge is 0.387 e. The van der Waals surface area contributed by atoms with Gasteiger partial charge in [-0.3, -0.25) is 4.68 Å². The summed E-state index contributed by atoms with van der Waals surface area (Å²) in [7, 11) is -2.98. The molecule has 6 nitrogen and oxygen atoms in total. The summed E-state index contributed by atoms with van der Waals surface area (Å²) in [5, 5.41) is 3.92. The molecule has 0 aliphatic carbocycles. The fraction of sp³-hybridized carbons (Fsp3) is 0.571. The molecule has 0 spiro atoms. The molecule has 1 aromatic rings. The molecule has 8 heteroatoms. The van der Waals surface area contributed by atoms with Crippen molar-refractivity contribution in [2.45, 2.75) is 13.5 Å². The van der Waals surface area contributed by atoms with Crippen LogP contribution in [0.2, 0.25) is 0 Å². The number of sulfone groups is 1. The van der Waals surface area contributed by atoms with Crippen LogP contribution in [0.3, 0.4) is 0 Å². The average molecular weight is 248 g/mol. The van der Waals surface area contributed by atoms with Gasteiger partial charge in [-0.15, -0.1) is 5.10 Å². The van der Waals surface area contributed by atoms with Gasteiger partial charge < -0.3 is 5.73 Å². The van der Waals surface area contributed by atoms with E-state index >= 15 is 0 Å². The van der Waals surface area contributed by atoms with Crippen molar-refractivity contribution in [2.75, 3.05) is 11.5 Å². The van der Waals surface area contributed by atoms with Crippen LogP contribution < -0.4 is 5.73 Å².